The van der Waals surface area contributed by atoms with Crippen molar-refractivity contribution in [2.75, 3.05) is 12.8 Å². The van der Waals surface area contributed by atoms with Gasteiger partial charge in [0.05, 0.1) is 13.0 Å². The van der Waals surface area contributed by atoms with E-state index in [0.29, 0.717) is 17.5 Å². The number of aryl methyl sites for hydroxylation is 3. The number of benzene rings is 2. The minimum absolute atomic E-state index is 0.0186. The van der Waals surface area contributed by atoms with Gasteiger partial charge >= 0.3 is 5.97 Å². The molecule has 0 amide bonds. The van der Waals surface area contributed by atoms with Gasteiger partial charge in [0.2, 0.25) is 5.52 Å². The van der Waals surface area contributed by atoms with Gasteiger partial charge in [-0.15, -0.1) is 0 Å². The van der Waals surface area contributed by atoms with Crippen molar-refractivity contribution in [2.45, 2.75) is 53.4 Å². The SMILES string of the molecule is CCCCCOC(=O)CCP(=O)(C(=O)c1c(C)cc(C)cc1C)c1ccccc1. The summed E-state index contributed by atoms with van der Waals surface area (Å²) in [6.07, 6.45) is 2.81. The molecular formula is C24H31O4P. The number of hydrogen-bond acceptors (Lipinski definition) is 4. The van der Waals surface area contributed by atoms with Crippen LogP contribution in [0.15, 0.2) is 42.5 Å². The highest BCUT2D eigenvalue weighted by Crippen LogP contribution is 2.49. The molecule has 0 saturated carbocycles. The van der Waals surface area contributed by atoms with Crippen LogP contribution in [0.2, 0.25) is 0 Å². The quantitative estimate of drug-likeness (QED) is 0.290. The van der Waals surface area contributed by atoms with E-state index in [-0.39, 0.29) is 18.1 Å². The summed E-state index contributed by atoms with van der Waals surface area (Å²) in [4.78, 5) is 25.7. The summed E-state index contributed by atoms with van der Waals surface area (Å²) in [5.41, 5.74) is 2.80. The predicted octanol–water partition coefficient (Wildman–Crippen LogP) is 5.56. The van der Waals surface area contributed by atoms with E-state index in [4.69, 9.17) is 4.74 Å². The molecule has 1 unspecified atom stereocenters. The van der Waals surface area contributed by atoms with E-state index in [1.165, 1.54) is 0 Å². The number of ether oxygens (including phenoxy) is 1. The van der Waals surface area contributed by atoms with Crippen LogP contribution >= 0.6 is 7.14 Å². The third-order valence-electron chi connectivity index (χ3n) is 5.03. The van der Waals surface area contributed by atoms with Crippen molar-refractivity contribution in [1.29, 1.82) is 0 Å². The van der Waals surface area contributed by atoms with Crippen molar-refractivity contribution in [2.24, 2.45) is 0 Å². The highest BCUT2D eigenvalue weighted by atomic mass is 31.2. The van der Waals surface area contributed by atoms with Crippen molar-refractivity contribution in [3.8, 4) is 0 Å². The van der Waals surface area contributed by atoms with Crippen LogP contribution in [-0.2, 0) is 14.1 Å². The summed E-state index contributed by atoms with van der Waals surface area (Å²) in [6.45, 7) is 8.15. The summed E-state index contributed by atoms with van der Waals surface area (Å²) in [6, 6.07) is 12.6. The van der Waals surface area contributed by atoms with E-state index in [2.05, 4.69) is 6.92 Å². The minimum Gasteiger partial charge on any atom is -0.466 e. The van der Waals surface area contributed by atoms with Crippen LogP contribution in [0.5, 0.6) is 0 Å². The maximum absolute atomic E-state index is 14.0. The molecule has 0 fully saturated rings. The molecule has 29 heavy (non-hydrogen) atoms. The lowest BCUT2D eigenvalue weighted by molar-refractivity contribution is -0.143. The Morgan fingerprint density at radius 1 is 0.966 bits per heavy atom. The van der Waals surface area contributed by atoms with Crippen LogP contribution in [-0.4, -0.2) is 24.3 Å². The normalized spacial score (nSPS) is 13.0. The third-order valence-corrected chi connectivity index (χ3v) is 7.90. The van der Waals surface area contributed by atoms with Gasteiger partial charge in [-0.25, -0.2) is 0 Å². The number of esters is 1. The van der Waals surface area contributed by atoms with E-state index in [0.717, 1.165) is 36.0 Å². The summed E-state index contributed by atoms with van der Waals surface area (Å²) in [7, 11) is -3.49. The van der Waals surface area contributed by atoms with Crippen molar-refractivity contribution < 1.29 is 18.9 Å². The fourth-order valence-corrected chi connectivity index (χ4v) is 6.13. The molecule has 0 N–H and O–H groups in total. The molecule has 1 atom stereocenters. The topological polar surface area (TPSA) is 60.4 Å². The molecule has 0 aliphatic rings. The molecule has 2 aromatic carbocycles. The molecule has 0 radical (unpaired) electrons. The average molecular weight is 414 g/mol. The fourth-order valence-electron chi connectivity index (χ4n) is 3.57. The number of rotatable bonds is 10. The van der Waals surface area contributed by atoms with Gasteiger partial charge in [0.25, 0.3) is 0 Å². The van der Waals surface area contributed by atoms with Gasteiger partial charge in [-0.2, -0.15) is 0 Å². The molecule has 0 aliphatic heterocycles. The molecule has 2 rings (SSSR count). The average Bonchev–Trinajstić information content (AvgIpc) is 2.69. The molecule has 0 saturated heterocycles. The molecule has 5 heteroatoms. The zero-order valence-electron chi connectivity index (χ0n) is 17.9. The summed E-state index contributed by atoms with van der Waals surface area (Å²) in [5.74, 6) is -0.401. The van der Waals surface area contributed by atoms with E-state index in [1.54, 1.807) is 24.3 Å². The zero-order chi connectivity index (χ0) is 21.4. The Hall–Kier alpha value is -2.19. The van der Waals surface area contributed by atoms with Gasteiger partial charge in [0, 0.05) is 17.0 Å². The van der Waals surface area contributed by atoms with Crippen LogP contribution in [0.25, 0.3) is 0 Å². The second kappa shape index (κ2) is 10.5. The predicted molar refractivity (Wildman–Crippen MR) is 119 cm³/mol. The molecule has 0 aliphatic carbocycles. The molecule has 2 aromatic rings. The van der Waals surface area contributed by atoms with E-state index in [1.807, 2.05) is 39.0 Å². The van der Waals surface area contributed by atoms with Crippen molar-refractivity contribution in [3.63, 3.8) is 0 Å². The van der Waals surface area contributed by atoms with Crippen LogP contribution < -0.4 is 5.30 Å². The summed E-state index contributed by atoms with van der Waals surface area (Å²) in [5, 5.41) is 0.489. The van der Waals surface area contributed by atoms with Crippen LogP contribution in [0.1, 0.15) is 59.7 Å². The fraction of sp³-hybridized carbons (Fsp3) is 0.417. The monoisotopic (exact) mass is 414 g/mol. The largest absolute Gasteiger partial charge is 0.466 e. The Morgan fingerprint density at radius 2 is 1.59 bits per heavy atom. The van der Waals surface area contributed by atoms with Crippen LogP contribution in [0.4, 0.5) is 0 Å². The molecule has 0 aromatic heterocycles. The van der Waals surface area contributed by atoms with Crippen LogP contribution in [0.3, 0.4) is 0 Å². The maximum Gasteiger partial charge on any atom is 0.306 e. The summed E-state index contributed by atoms with van der Waals surface area (Å²) < 4.78 is 19.3. The number of carbonyl (C=O) groups is 2. The number of unbranched alkanes of at least 4 members (excludes halogenated alkanes) is 2. The van der Waals surface area contributed by atoms with Gasteiger partial charge in [-0.3, -0.25) is 9.59 Å². The first-order valence-corrected chi connectivity index (χ1v) is 12.1. The van der Waals surface area contributed by atoms with Gasteiger partial charge in [-0.1, -0.05) is 67.8 Å². The molecule has 0 bridgehead atoms. The Bertz CT molecular complexity index is 879. The van der Waals surface area contributed by atoms with E-state index in [9.17, 15) is 14.2 Å². The van der Waals surface area contributed by atoms with Crippen LogP contribution in [0, 0.1) is 20.8 Å². The van der Waals surface area contributed by atoms with Gasteiger partial charge in [0.15, 0.2) is 7.14 Å². The first kappa shape index (κ1) is 23.1. The molecular weight excluding hydrogens is 383 g/mol. The maximum atomic E-state index is 14.0. The molecule has 0 spiro atoms. The first-order valence-electron chi connectivity index (χ1n) is 10.2. The van der Waals surface area contributed by atoms with E-state index < -0.39 is 13.1 Å². The second-order valence-electron chi connectivity index (χ2n) is 7.56. The lowest BCUT2D eigenvalue weighted by atomic mass is 10.0. The molecule has 156 valence electrons. The Morgan fingerprint density at radius 3 is 2.17 bits per heavy atom. The van der Waals surface area contributed by atoms with Gasteiger partial charge < -0.3 is 9.30 Å². The third kappa shape index (κ3) is 5.90. The van der Waals surface area contributed by atoms with E-state index >= 15 is 0 Å². The second-order valence-corrected chi connectivity index (χ2v) is 10.4. The lowest BCUT2D eigenvalue weighted by Gasteiger charge is -2.20. The van der Waals surface area contributed by atoms with Crippen molar-refractivity contribution in [1.82, 2.24) is 0 Å². The highest BCUT2D eigenvalue weighted by molar-refractivity contribution is 7.87. The standard InChI is InChI=1S/C24H31O4P/c1-5-6-10-14-28-22(25)13-15-29(27,21-11-8-7-9-12-21)24(26)23-19(3)16-18(2)17-20(23)4/h7-9,11-12,16-17H,5-6,10,13-15H2,1-4H3. The Balaban J connectivity index is 2.29. The lowest BCUT2D eigenvalue weighted by Crippen LogP contribution is -2.20. The van der Waals surface area contributed by atoms with Crippen molar-refractivity contribution >= 4 is 23.9 Å². The van der Waals surface area contributed by atoms with Gasteiger partial charge in [-0.05, 0) is 38.3 Å². The first-order chi connectivity index (χ1) is 13.8. The van der Waals surface area contributed by atoms with Gasteiger partial charge in [0.1, 0.15) is 0 Å². The Labute approximate surface area is 174 Å². The zero-order valence-corrected chi connectivity index (χ0v) is 18.8. The number of hydrogen-bond donors (Lipinski definition) is 0. The van der Waals surface area contributed by atoms with Crippen molar-refractivity contribution in [3.05, 3.63) is 64.7 Å². The molecule has 4 nitrogen and oxygen atoms in total. The highest BCUT2D eigenvalue weighted by Gasteiger charge is 2.36. The number of carbonyl (C=O) groups excluding carboxylic acids is 2. The summed E-state index contributed by atoms with van der Waals surface area (Å²) >= 11 is 0. The Kier molecular flexibility index (Phi) is 8.40. The molecule has 0 heterocycles. The minimum atomic E-state index is -3.49. The smallest absolute Gasteiger partial charge is 0.306 e.